The maximum atomic E-state index is 13.9. The van der Waals surface area contributed by atoms with Crippen LogP contribution in [0.25, 0.3) is 17.0 Å². The van der Waals surface area contributed by atoms with Crippen molar-refractivity contribution in [2.45, 2.75) is 18.8 Å². The first-order valence-corrected chi connectivity index (χ1v) is 10.4. The predicted octanol–water partition coefficient (Wildman–Crippen LogP) is 2.11. The molecule has 2 aliphatic rings. The molecule has 0 bridgehead atoms. The third-order valence-electron chi connectivity index (χ3n) is 6.14. The summed E-state index contributed by atoms with van der Waals surface area (Å²) in [6.45, 7) is 1.86. The van der Waals surface area contributed by atoms with Crippen molar-refractivity contribution in [2.24, 2.45) is 0 Å². The standard InChI is InChI=1S/C22H15ClN8O2/c1-3-6-30-14-5-4-12(23)7-13(14)22(21(30)33)8-15(32)28-19-16(22)11(2)29-31(19)20-17-18(25-9-24-17)26-10-27-20/h1,4-5,7,9-10H,6,8H2,2H3,(H,28,32)(H,24,25,26,27)/t22-/m1/s1. The summed E-state index contributed by atoms with van der Waals surface area (Å²) in [7, 11) is 0. The van der Waals surface area contributed by atoms with E-state index in [2.05, 4.69) is 36.3 Å². The number of aromatic amines is 1. The third kappa shape index (κ3) is 2.45. The van der Waals surface area contributed by atoms with Gasteiger partial charge < -0.3 is 10.3 Å². The highest BCUT2D eigenvalue weighted by Gasteiger charge is 2.58. The van der Waals surface area contributed by atoms with Crippen molar-refractivity contribution in [3.05, 3.63) is 52.7 Å². The lowest BCUT2D eigenvalue weighted by molar-refractivity contribution is -0.126. The largest absolute Gasteiger partial charge is 0.340 e. The van der Waals surface area contributed by atoms with Gasteiger partial charge in [0.05, 0.1) is 18.6 Å². The van der Waals surface area contributed by atoms with Crippen LogP contribution in [0, 0.1) is 19.3 Å². The highest BCUT2D eigenvalue weighted by molar-refractivity contribution is 6.31. The smallest absolute Gasteiger partial charge is 0.243 e. The van der Waals surface area contributed by atoms with Gasteiger partial charge in [0.1, 0.15) is 23.1 Å². The van der Waals surface area contributed by atoms with Crippen LogP contribution in [0.2, 0.25) is 5.02 Å². The molecule has 10 nitrogen and oxygen atoms in total. The molecule has 1 spiro atoms. The summed E-state index contributed by atoms with van der Waals surface area (Å²) in [6.07, 6.45) is 8.34. The van der Waals surface area contributed by atoms with Crippen LogP contribution in [0.4, 0.5) is 11.5 Å². The van der Waals surface area contributed by atoms with Crippen LogP contribution in [-0.2, 0) is 15.0 Å². The average Bonchev–Trinajstić information content (AvgIpc) is 3.46. The first-order chi connectivity index (χ1) is 16.0. The van der Waals surface area contributed by atoms with Crippen LogP contribution in [0.3, 0.4) is 0 Å². The molecule has 6 rings (SSSR count). The molecule has 11 heteroatoms. The second-order valence-corrected chi connectivity index (χ2v) is 8.34. The fourth-order valence-corrected chi connectivity index (χ4v) is 5.10. The number of amides is 2. The molecule has 1 atom stereocenters. The molecule has 3 aromatic heterocycles. The molecule has 1 aromatic carbocycles. The Hall–Kier alpha value is -4.23. The molecule has 2 N–H and O–H groups in total. The van der Waals surface area contributed by atoms with E-state index in [9.17, 15) is 9.59 Å². The molecule has 0 saturated carbocycles. The summed E-state index contributed by atoms with van der Waals surface area (Å²) in [6, 6.07) is 5.18. The number of aromatic nitrogens is 6. The van der Waals surface area contributed by atoms with Crippen LogP contribution < -0.4 is 10.2 Å². The Bertz CT molecular complexity index is 1550. The van der Waals surface area contributed by atoms with Gasteiger partial charge in [-0.2, -0.15) is 9.78 Å². The molecular weight excluding hydrogens is 444 g/mol. The lowest BCUT2D eigenvalue weighted by Crippen LogP contribution is -2.47. The fraction of sp³-hybridized carbons (Fsp3) is 0.182. The van der Waals surface area contributed by atoms with Crippen molar-refractivity contribution in [1.29, 1.82) is 0 Å². The van der Waals surface area contributed by atoms with Gasteiger partial charge in [0, 0.05) is 22.7 Å². The van der Waals surface area contributed by atoms with Gasteiger partial charge in [-0.25, -0.2) is 15.0 Å². The highest BCUT2D eigenvalue weighted by atomic mass is 35.5. The van der Waals surface area contributed by atoms with Gasteiger partial charge in [0.15, 0.2) is 11.5 Å². The van der Waals surface area contributed by atoms with E-state index in [1.807, 2.05) is 0 Å². The van der Waals surface area contributed by atoms with Crippen LogP contribution in [0.15, 0.2) is 30.9 Å². The topological polar surface area (TPSA) is 122 Å². The zero-order chi connectivity index (χ0) is 22.9. The van der Waals surface area contributed by atoms with Crippen LogP contribution >= 0.6 is 11.6 Å². The van der Waals surface area contributed by atoms with E-state index in [1.165, 1.54) is 22.2 Å². The van der Waals surface area contributed by atoms with Gasteiger partial charge in [-0.1, -0.05) is 17.5 Å². The molecule has 33 heavy (non-hydrogen) atoms. The summed E-state index contributed by atoms with van der Waals surface area (Å²) in [5.74, 6) is 2.68. The van der Waals surface area contributed by atoms with E-state index in [4.69, 9.17) is 18.0 Å². The third-order valence-corrected chi connectivity index (χ3v) is 6.38. The number of hydrogen-bond donors (Lipinski definition) is 2. The molecule has 0 radical (unpaired) electrons. The SMILES string of the molecule is C#CCN1C(=O)[C@]2(CC(=O)Nc3c2c(C)nn3-c2ncnc3nc[nH]c23)c2cc(Cl)ccc21. The molecule has 2 aliphatic heterocycles. The van der Waals surface area contributed by atoms with Gasteiger partial charge in [-0.05, 0) is 30.7 Å². The van der Waals surface area contributed by atoms with E-state index in [0.29, 0.717) is 50.3 Å². The normalized spacial score (nSPS) is 19.0. The maximum absolute atomic E-state index is 13.9. The van der Waals surface area contributed by atoms with Crippen molar-refractivity contribution in [3.63, 3.8) is 0 Å². The van der Waals surface area contributed by atoms with E-state index in [1.54, 1.807) is 25.1 Å². The lowest BCUT2D eigenvalue weighted by Gasteiger charge is -2.33. The van der Waals surface area contributed by atoms with E-state index >= 15 is 0 Å². The van der Waals surface area contributed by atoms with E-state index < -0.39 is 5.41 Å². The number of carbonyl (C=O) groups excluding carboxylic acids is 2. The Balaban J connectivity index is 1.67. The lowest BCUT2D eigenvalue weighted by atomic mass is 9.70. The maximum Gasteiger partial charge on any atom is 0.243 e. The van der Waals surface area contributed by atoms with Crippen molar-refractivity contribution in [3.8, 4) is 18.2 Å². The molecule has 5 heterocycles. The quantitative estimate of drug-likeness (QED) is 0.444. The molecular formula is C22H15ClN8O2. The first-order valence-electron chi connectivity index (χ1n) is 10.1. The Labute approximate surface area is 192 Å². The number of anilines is 2. The Morgan fingerprint density at radius 2 is 2.12 bits per heavy atom. The number of benzene rings is 1. The predicted molar refractivity (Wildman–Crippen MR) is 120 cm³/mol. The monoisotopic (exact) mass is 458 g/mol. The number of hydrogen-bond acceptors (Lipinski definition) is 6. The zero-order valence-electron chi connectivity index (χ0n) is 17.3. The van der Waals surface area contributed by atoms with Gasteiger partial charge >= 0.3 is 0 Å². The second kappa shape index (κ2) is 6.63. The van der Waals surface area contributed by atoms with Crippen molar-refractivity contribution >= 4 is 46.1 Å². The van der Waals surface area contributed by atoms with Crippen molar-refractivity contribution in [2.75, 3.05) is 16.8 Å². The molecule has 4 aromatic rings. The number of terminal acetylenes is 1. The number of fused-ring (bicyclic) bond motifs is 5. The number of nitrogens with zero attached hydrogens (tertiary/aromatic N) is 6. The first kappa shape index (κ1) is 19.5. The van der Waals surface area contributed by atoms with Crippen molar-refractivity contribution < 1.29 is 9.59 Å². The van der Waals surface area contributed by atoms with E-state index in [0.717, 1.165) is 0 Å². The molecule has 0 unspecified atom stereocenters. The number of imidazole rings is 1. The fourth-order valence-electron chi connectivity index (χ4n) is 4.93. The number of nitrogens with one attached hydrogen (secondary N) is 2. The average molecular weight is 459 g/mol. The minimum atomic E-state index is -1.31. The van der Waals surface area contributed by atoms with Crippen LogP contribution in [0.1, 0.15) is 23.2 Å². The Morgan fingerprint density at radius 1 is 1.27 bits per heavy atom. The van der Waals surface area contributed by atoms with Crippen LogP contribution in [-0.4, -0.2) is 48.1 Å². The summed E-state index contributed by atoms with van der Waals surface area (Å²) >= 11 is 6.34. The number of H-pyrrole nitrogens is 1. The van der Waals surface area contributed by atoms with Gasteiger partial charge in [-0.3, -0.25) is 14.5 Å². The number of aryl methyl sites for hydroxylation is 1. The van der Waals surface area contributed by atoms with Gasteiger partial charge in [0.25, 0.3) is 0 Å². The summed E-state index contributed by atoms with van der Waals surface area (Å²) in [5, 5.41) is 8.01. The second-order valence-electron chi connectivity index (χ2n) is 7.91. The summed E-state index contributed by atoms with van der Waals surface area (Å²) in [4.78, 5) is 44.2. The molecule has 162 valence electrons. The molecule has 0 saturated heterocycles. The summed E-state index contributed by atoms with van der Waals surface area (Å²) in [5.41, 5.74) is 2.10. The van der Waals surface area contributed by atoms with Gasteiger partial charge in [0.2, 0.25) is 11.8 Å². The zero-order valence-corrected chi connectivity index (χ0v) is 18.0. The molecule has 0 fully saturated rings. The Kier molecular flexibility index (Phi) is 3.91. The number of rotatable bonds is 2. The number of halogens is 1. The molecule has 2 amide bonds. The minimum absolute atomic E-state index is 0.0695. The minimum Gasteiger partial charge on any atom is -0.340 e. The molecule has 0 aliphatic carbocycles. The summed E-state index contributed by atoms with van der Waals surface area (Å²) < 4.78 is 1.51. The number of carbonyl (C=O) groups is 2. The van der Waals surface area contributed by atoms with Gasteiger partial charge in [-0.15, -0.1) is 6.42 Å². The highest BCUT2D eigenvalue weighted by Crippen LogP contribution is 2.54. The van der Waals surface area contributed by atoms with E-state index in [-0.39, 0.29) is 24.8 Å². The Morgan fingerprint density at radius 3 is 2.94 bits per heavy atom. The van der Waals surface area contributed by atoms with Crippen LogP contribution in [0.5, 0.6) is 0 Å². The van der Waals surface area contributed by atoms with Crippen molar-refractivity contribution in [1.82, 2.24) is 29.7 Å².